The molecule has 0 amide bonds. The van der Waals surface area contributed by atoms with Gasteiger partial charge in [-0.25, -0.2) is 4.79 Å². The van der Waals surface area contributed by atoms with Gasteiger partial charge in [-0.1, -0.05) is 38.4 Å². The molecule has 0 aliphatic rings. The number of anilines is 2. The highest BCUT2D eigenvalue weighted by molar-refractivity contribution is 6.30. The normalized spacial score (nSPS) is 11.2. The zero-order chi connectivity index (χ0) is 24.3. The molecule has 0 fully saturated rings. The van der Waals surface area contributed by atoms with E-state index < -0.39 is 11.8 Å². The fourth-order valence-electron chi connectivity index (χ4n) is 3.36. The van der Waals surface area contributed by atoms with Gasteiger partial charge < -0.3 is 10.0 Å². The van der Waals surface area contributed by atoms with E-state index in [-0.39, 0.29) is 40.0 Å². The average molecular weight is 465 g/mol. The summed E-state index contributed by atoms with van der Waals surface area (Å²) in [6.07, 6.45) is 1.77. The number of pyridine rings is 1. The van der Waals surface area contributed by atoms with Gasteiger partial charge in [-0.3, -0.25) is 14.6 Å². The minimum Gasteiger partial charge on any atom is -0.478 e. The first-order valence-electron chi connectivity index (χ1n) is 10.4. The van der Waals surface area contributed by atoms with Gasteiger partial charge >= 0.3 is 5.97 Å². The van der Waals surface area contributed by atoms with Crippen LogP contribution < -0.4 is 4.90 Å². The summed E-state index contributed by atoms with van der Waals surface area (Å²) in [7, 11) is 1.87. The molecule has 2 aromatic carbocycles. The quantitative estimate of drug-likeness (QED) is 0.428. The molecule has 1 aromatic heterocycles. The number of carbonyl (C=O) groups excluding carboxylic acids is 2. The molecule has 0 saturated carbocycles. The van der Waals surface area contributed by atoms with E-state index in [0.717, 1.165) is 11.4 Å². The lowest BCUT2D eigenvalue weighted by atomic mass is 9.86. The highest BCUT2D eigenvalue weighted by Gasteiger charge is 2.24. The standard InChI is InChI=1S/C26H25ClN2O4/c1-26(2,3)14-23(30)20-11-5-16(13-21(20)25(32)33)24(31)22-12-10-19(15-28-22)29(4)18-8-6-17(27)7-9-18/h5-13,15H,14H2,1-4H3,(H,32,33). The first-order valence-corrected chi connectivity index (χ1v) is 10.7. The molecule has 0 bridgehead atoms. The maximum Gasteiger partial charge on any atom is 0.336 e. The van der Waals surface area contributed by atoms with Gasteiger partial charge in [0.2, 0.25) is 5.78 Å². The van der Waals surface area contributed by atoms with E-state index in [2.05, 4.69) is 4.98 Å². The molecule has 0 spiro atoms. The Kier molecular flexibility index (Phi) is 6.98. The van der Waals surface area contributed by atoms with Crippen LogP contribution in [0.4, 0.5) is 11.4 Å². The van der Waals surface area contributed by atoms with E-state index in [0.29, 0.717) is 5.02 Å². The molecule has 170 valence electrons. The van der Waals surface area contributed by atoms with E-state index in [1.807, 2.05) is 44.9 Å². The van der Waals surface area contributed by atoms with Gasteiger partial charge in [0.15, 0.2) is 5.78 Å². The van der Waals surface area contributed by atoms with Crippen LogP contribution in [0.3, 0.4) is 0 Å². The molecule has 1 N–H and O–H groups in total. The van der Waals surface area contributed by atoms with Crippen molar-refractivity contribution in [3.05, 3.63) is 88.2 Å². The number of Topliss-reactive ketones (excluding diaryl/α,β-unsaturated/α-hetero) is 1. The molecule has 3 rings (SSSR count). The van der Waals surface area contributed by atoms with Crippen molar-refractivity contribution in [2.45, 2.75) is 27.2 Å². The number of carbonyl (C=O) groups is 3. The van der Waals surface area contributed by atoms with E-state index in [4.69, 9.17) is 11.6 Å². The van der Waals surface area contributed by atoms with Crippen molar-refractivity contribution in [2.24, 2.45) is 5.41 Å². The maximum absolute atomic E-state index is 13.0. The van der Waals surface area contributed by atoms with Crippen LogP contribution in [0.2, 0.25) is 5.02 Å². The van der Waals surface area contributed by atoms with Gasteiger partial charge in [-0.05, 0) is 53.9 Å². The summed E-state index contributed by atoms with van der Waals surface area (Å²) in [5, 5.41) is 10.3. The zero-order valence-corrected chi connectivity index (χ0v) is 19.7. The summed E-state index contributed by atoms with van der Waals surface area (Å²) in [4.78, 5) is 43.5. The number of carboxylic acids is 1. The number of rotatable bonds is 7. The first kappa shape index (κ1) is 24.1. The van der Waals surface area contributed by atoms with Crippen LogP contribution in [0.1, 0.15) is 64.0 Å². The van der Waals surface area contributed by atoms with Crippen LogP contribution in [0.5, 0.6) is 0 Å². The third kappa shape index (κ3) is 5.84. The molecular formula is C26H25ClN2O4. The first-order chi connectivity index (χ1) is 15.5. The topological polar surface area (TPSA) is 87.6 Å². The number of halogens is 1. The largest absolute Gasteiger partial charge is 0.478 e. The Morgan fingerprint density at radius 1 is 0.939 bits per heavy atom. The second-order valence-corrected chi connectivity index (χ2v) is 9.43. The molecule has 1 heterocycles. The van der Waals surface area contributed by atoms with Gasteiger partial charge in [0.1, 0.15) is 5.69 Å². The molecule has 0 atom stereocenters. The van der Waals surface area contributed by atoms with Crippen LogP contribution in [-0.4, -0.2) is 34.7 Å². The summed E-state index contributed by atoms with van der Waals surface area (Å²) in [6, 6.07) is 14.8. The molecule has 6 nitrogen and oxygen atoms in total. The van der Waals surface area contributed by atoms with Crippen molar-refractivity contribution in [1.82, 2.24) is 4.98 Å². The number of aromatic carboxylic acids is 1. The third-order valence-corrected chi connectivity index (χ3v) is 5.34. The van der Waals surface area contributed by atoms with Crippen molar-refractivity contribution < 1.29 is 19.5 Å². The van der Waals surface area contributed by atoms with E-state index in [1.165, 1.54) is 18.2 Å². The molecule has 0 saturated heterocycles. The van der Waals surface area contributed by atoms with Gasteiger partial charge in [-0.2, -0.15) is 0 Å². The summed E-state index contributed by atoms with van der Waals surface area (Å²) in [5.74, 6) is -1.95. The highest BCUT2D eigenvalue weighted by atomic mass is 35.5. The number of hydrogen-bond acceptors (Lipinski definition) is 5. The number of hydrogen-bond donors (Lipinski definition) is 1. The Balaban J connectivity index is 1.85. The van der Waals surface area contributed by atoms with Crippen molar-refractivity contribution in [1.29, 1.82) is 0 Å². The molecule has 0 aliphatic carbocycles. The third-order valence-electron chi connectivity index (χ3n) is 5.09. The SMILES string of the molecule is CN(c1ccc(Cl)cc1)c1ccc(C(=O)c2ccc(C(=O)CC(C)(C)C)c(C(=O)O)c2)nc1. The Morgan fingerprint density at radius 2 is 1.58 bits per heavy atom. The Bertz CT molecular complexity index is 1200. The molecule has 7 heteroatoms. The number of carboxylic acid groups (broad SMARTS) is 1. The molecule has 0 unspecified atom stereocenters. The molecule has 0 aliphatic heterocycles. The van der Waals surface area contributed by atoms with Crippen LogP contribution in [-0.2, 0) is 0 Å². The fraction of sp³-hybridized carbons (Fsp3) is 0.231. The summed E-state index contributed by atoms with van der Waals surface area (Å²) in [6.45, 7) is 5.72. The number of benzene rings is 2. The predicted molar refractivity (Wildman–Crippen MR) is 129 cm³/mol. The van der Waals surface area contributed by atoms with Crippen molar-refractivity contribution >= 4 is 40.5 Å². The predicted octanol–water partition coefficient (Wildman–Crippen LogP) is 6.05. The number of aromatic nitrogens is 1. The molecule has 33 heavy (non-hydrogen) atoms. The van der Waals surface area contributed by atoms with Crippen LogP contribution in [0.15, 0.2) is 60.8 Å². The van der Waals surface area contributed by atoms with E-state index in [9.17, 15) is 19.5 Å². The smallest absolute Gasteiger partial charge is 0.336 e. The Hall–Kier alpha value is -3.51. The second-order valence-electron chi connectivity index (χ2n) is 8.99. The van der Waals surface area contributed by atoms with Gasteiger partial charge in [0.25, 0.3) is 0 Å². The number of ketones is 2. The lowest BCUT2D eigenvalue weighted by Gasteiger charge is -2.19. The summed E-state index contributed by atoms with van der Waals surface area (Å²) in [5.41, 5.74) is 1.63. The van der Waals surface area contributed by atoms with Crippen molar-refractivity contribution in [3.8, 4) is 0 Å². The van der Waals surface area contributed by atoms with Gasteiger partial charge in [0, 0.05) is 35.3 Å². The zero-order valence-electron chi connectivity index (χ0n) is 18.9. The fourth-order valence-corrected chi connectivity index (χ4v) is 3.49. The van der Waals surface area contributed by atoms with Crippen LogP contribution >= 0.6 is 11.6 Å². The van der Waals surface area contributed by atoms with Crippen molar-refractivity contribution in [3.63, 3.8) is 0 Å². The monoisotopic (exact) mass is 464 g/mol. The van der Waals surface area contributed by atoms with Crippen LogP contribution in [0, 0.1) is 5.41 Å². The summed E-state index contributed by atoms with van der Waals surface area (Å²) >= 11 is 5.94. The molecule has 0 radical (unpaired) electrons. The summed E-state index contributed by atoms with van der Waals surface area (Å²) < 4.78 is 0. The highest BCUT2D eigenvalue weighted by Crippen LogP contribution is 2.26. The van der Waals surface area contributed by atoms with E-state index in [1.54, 1.807) is 30.5 Å². The molecular weight excluding hydrogens is 440 g/mol. The van der Waals surface area contributed by atoms with E-state index >= 15 is 0 Å². The lowest BCUT2D eigenvalue weighted by molar-refractivity contribution is 0.0690. The Labute approximate surface area is 197 Å². The molecule has 3 aromatic rings. The lowest BCUT2D eigenvalue weighted by Crippen LogP contribution is -2.17. The minimum absolute atomic E-state index is 0.0990. The van der Waals surface area contributed by atoms with Gasteiger partial charge in [0.05, 0.1) is 17.4 Å². The number of nitrogens with zero attached hydrogens (tertiary/aromatic N) is 2. The average Bonchev–Trinajstić information content (AvgIpc) is 2.77. The van der Waals surface area contributed by atoms with Gasteiger partial charge in [-0.15, -0.1) is 0 Å². The second kappa shape index (κ2) is 9.55. The maximum atomic E-state index is 13.0. The minimum atomic E-state index is -1.25. The Morgan fingerprint density at radius 3 is 2.12 bits per heavy atom. The van der Waals surface area contributed by atoms with Crippen molar-refractivity contribution in [2.75, 3.05) is 11.9 Å². The van der Waals surface area contributed by atoms with Crippen LogP contribution in [0.25, 0.3) is 0 Å².